The molecule has 4 heteroatoms. The van der Waals surface area contributed by atoms with Crippen molar-refractivity contribution in [2.24, 2.45) is 5.73 Å². The van der Waals surface area contributed by atoms with Gasteiger partial charge in [0.05, 0.1) is 5.69 Å². The molecule has 23 heavy (non-hydrogen) atoms. The molecule has 0 saturated carbocycles. The van der Waals surface area contributed by atoms with Crippen LogP contribution < -0.4 is 5.73 Å². The molecule has 0 aliphatic heterocycles. The van der Waals surface area contributed by atoms with Crippen molar-refractivity contribution in [2.45, 2.75) is 57.9 Å². The Morgan fingerprint density at radius 1 is 1.30 bits per heavy atom. The fraction of sp³-hybridized carbons (Fsp3) is 0.526. The van der Waals surface area contributed by atoms with Gasteiger partial charge < -0.3 is 5.73 Å². The van der Waals surface area contributed by atoms with Gasteiger partial charge in [-0.05, 0) is 74.2 Å². The largest absolute Gasteiger partial charge is 0.330 e. The Kier molecular flexibility index (Phi) is 5.39. The van der Waals surface area contributed by atoms with Gasteiger partial charge in [-0.3, -0.25) is 4.68 Å². The zero-order valence-corrected chi connectivity index (χ0v) is 14.6. The summed E-state index contributed by atoms with van der Waals surface area (Å²) in [4.78, 5) is 0. The van der Waals surface area contributed by atoms with Gasteiger partial charge in [0.1, 0.15) is 0 Å². The molecule has 3 nitrogen and oxygen atoms in total. The third kappa shape index (κ3) is 3.61. The second kappa shape index (κ2) is 7.50. The number of hydrogen-bond acceptors (Lipinski definition) is 2. The molecule has 1 aliphatic carbocycles. The minimum absolute atomic E-state index is 0.614. The minimum atomic E-state index is 0.614. The maximum atomic E-state index is 5.96. The van der Waals surface area contributed by atoms with Crippen LogP contribution in [0.2, 0.25) is 5.02 Å². The summed E-state index contributed by atoms with van der Waals surface area (Å²) in [6.45, 7) is 3.92. The molecule has 1 atom stereocenters. The standard InChI is InChI=1S/C19H26ClN3/c1-2-17-19-15(10-12-21)4-3-5-18(19)23(22-17)13-11-14-6-8-16(20)9-7-14/h6-9,15H,2-5,10-13,21H2,1H3. The lowest BCUT2D eigenvalue weighted by Gasteiger charge is -2.23. The fourth-order valence-electron chi connectivity index (χ4n) is 3.78. The summed E-state index contributed by atoms with van der Waals surface area (Å²) in [7, 11) is 0. The molecule has 0 saturated heterocycles. The molecule has 0 radical (unpaired) electrons. The summed E-state index contributed by atoms with van der Waals surface area (Å²) in [6, 6.07) is 8.14. The number of hydrogen-bond donors (Lipinski definition) is 1. The first kappa shape index (κ1) is 16.5. The van der Waals surface area contributed by atoms with Crippen LogP contribution in [0.5, 0.6) is 0 Å². The number of aromatic nitrogens is 2. The molecule has 0 amide bonds. The van der Waals surface area contributed by atoms with Crippen LogP contribution in [-0.2, 0) is 25.8 Å². The molecule has 1 aromatic heterocycles. The summed E-state index contributed by atoms with van der Waals surface area (Å²) in [5, 5.41) is 5.72. The van der Waals surface area contributed by atoms with Gasteiger partial charge in [0, 0.05) is 17.3 Å². The zero-order valence-electron chi connectivity index (χ0n) is 13.9. The first-order valence-electron chi connectivity index (χ1n) is 8.75. The number of aryl methyl sites for hydroxylation is 3. The Balaban J connectivity index is 1.81. The van der Waals surface area contributed by atoms with Crippen molar-refractivity contribution in [3.05, 3.63) is 51.8 Å². The van der Waals surface area contributed by atoms with E-state index in [-0.39, 0.29) is 0 Å². The second-order valence-electron chi connectivity index (χ2n) is 6.43. The first-order chi connectivity index (χ1) is 11.2. The second-order valence-corrected chi connectivity index (χ2v) is 6.86. The zero-order chi connectivity index (χ0) is 16.2. The summed E-state index contributed by atoms with van der Waals surface area (Å²) in [6.07, 6.45) is 6.77. The van der Waals surface area contributed by atoms with E-state index < -0.39 is 0 Å². The average molecular weight is 332 g/mol. The smallest absolute Gasteiger partial charge is 0.0659 e. The summed E-state index contributed by atoms with van der Waals surface area (Å²) < 4.78 is 2.26. The molecule has 124 valence electrons. The van der Waals surface area contributed by atoms with Gasteiger partial charge in [-0.25, -0.2) is 0 Å². The van der Waals surface area contributed by atoms with Crippen LogP contribution in [0.15, 0.2) is 24.3 Å². The monoisotopic (exact) mass is 331 g/mol. The van der Waals surface area contributed by atoms with E-state index in [4.69, 9.17) is 22.4 Å². The van der Waals surface area contributed by atoms with Gasteiger partial charge in [-0.2, -0.15) is 5.10 Å². The Labute approximate surface area is 143 Å². The Morgan fingerprint density at radius 2 is 2.09 bits per heavy atom. The van der Waals surface area contributed by atoms with Crippen LogP contribution in [0.4, 0.5) is 0 Å². The number of halogens is 1. The number of nitrogens with two attached hydrogens (primary N) is 1. The first-order valence-corrected chi connectivity index (χ1v) is 9.13. The predicted octanol–water partition coefficient (Wildman–Crippen LogP) is 4.11. The van der Waals surface area contributed by atoms with Crippen molar-refractivity contribution in [3.63, 3.8) is 0 Å². The molecule has 0 fully saturated rings. The van der Waals surface area contributed by atoms with Crippen LogP contribution in [0.25, 0.3) is 0 Å². The molecule has 1 aliphatic rings. The number of fused-ring (bicyclic) bond motifs is 1. The highest BCUT2D eigenvalue weighted by atomic mass is 35.5. The molecule has 1 heterocycles. The SMILES string of the molecule is CCc1nn(CCc2ccc(Cl)cc2)c2c1C(CCN)CCC2. The average Bonchev–Trinajstić information content (AvgIpc) is 2.94. The quantitative estimate of drug-likeness (QED) is 0.865. The van der Waals surface area contributed by atoms with Crippen molar-refractivity contribution >= 4 is 11.6 Å². The topological polar surface area (TPSA) is 43.8 Å². The minimum Gasteiger partial charge on any atom is -0.330 e. The van der Waals surface area contributed by atoms with E-state index in [2.05, 4.69) is 23.7 Å². The molecule has 0 spiro atoms. The Hall–Kier alpha value is -1.32. The van der Waals surface area contributed by atoms with E-state index in [9.17, 15) is 0 Å². The summed E-state index contributed by atoms with van der Waals surface area (Å²) in [5.41, 5.74) is 11.4. The number of benzene rings is 1. The van der Waals surface area contributed by atoms with Crippen LogP contribution in [0.1, 0.15) is 54.6 Å². The number of nitrogens with zero attached hydrogens (tertiary/aromatic N) is 2. The lowest BCUT2D eigenvalue weighted by molar-refractivity contribution is 0.496. The van der Waals surface area contributed by atoms with Crippen molar-refractivity contribution in [2.75, 3.05) is 6.54 Å². The Morgan fingerprint density at radius 3 is 2.78 bits per heavy atom. The van der Waals surface area contributed by atoms with Gasteiger partial charge in [0.15, 0.2) is 0 Å². The lowest BCUT2D eigenvalue weighted by Crippen LogP contribution is -2.16. The molecular formula is C19H26ClN3. The fourth-order valence-corrected chi connectivity index (χ4v) is 3.91. The summed E-state index contributed by atoms with van der Waals surface area (Å²) in [5.74, 6) is 0.614. The van der Waals surface area contributed by atoms with Crippen molar-refractivity contribution in [1.29, 1.82) is 0 Å². The van der Waals surface area contributed by atoms with Crippen molar-refractivity contribution < 1.29 is 0 Å². The highest BCUT2D eigenvalue weighted by molar-refractivity contribution is 6.30. The molecule has 1 unspecified atom stereocenters. The third-order valence-corrected chi connectivity index (χ3v) is 5.18. The molecular weight excluding hydrogens is 306 g/mol. The Bertz CT molecular complexity index is 645. The van der Waals surface area contributed by atoms with Crippen molar-refractivity contribution in [3.8, 4) is 0 Å². The van der Waals surface area contributed by atoms with Gasteiger partial charge in [-0.1, -0.05) is 30.7 Å². The van der Waals surface area contributed by atoms with Crippen LogP contribution in [-0.4, -0.2) is 16.3 Å². The van der Waals surface area contributed by atoms with Crippen LogP contribution >= 0.6 is 11.6 Å². The van der Waals surface area contributed by atoms with Gasteiger partial charge in [-0.15, -0.1) is 0 Å². The van der Waals surface area contributed by atoms with Gasteiger partial charge in [0.25, 0.3) is 0 Å². The van der Waals surface area contributed by atoms with Crippen molar-refractivity contribution in [1.82, 2.24) is 9.78 Å². The van der Waals surface area contributed by atoms with E-state index in [0.29, 0.717) is 5.92 Å². The molecule has 3 rings (SSSR count). The molecule has 2 aromatic rings. The van der Waals surface area contributed by atoms with Crippen LogP contribution in [0.3, 0.4) is 0 Å². The highest BCUT2D eigenvalue weighted by Gasteiger charge is 2.27. The third-order valence-electron chi connectivity index (χ3n) is 4.92. The predicted molar refractivity (Wildman–Crippen MR) is 96.1 cm³/mol. The molecule has 0 bridgehead atoms. The van der Waals surface area contributed by atoms with Gasteiger partial charge >= 0.3 is 0 Å². The lowest BCUT2D eigenvalue weighted by atomic mass is 9.82. The molecule has 1 aromatic carbocycles. The number of rotatable bonds is 6. The summed E-state index contributed by atoms with van der Waals surface area (Å²) >= 11 is 5.96. The highest BCUT2D eigenvalue weighted by Crippen LogP contribution is 2.36. The maximum Gasteiger partial charge on any atom is 0.0659 e. The van der Waals surface area contributed by atoms with E-state index in [1.165, 1.54) is 35.4 Å². The molecule has 2 N–H and O–H groups in total. The van der Waals surface area contributed by atoms with Gasteiger partial charge in [0.2, 0.25) is 0 Å². The normalized spacial score (nSPS) is 17.3. The van der Waals surface area contributed by atoms with E-state index in [1.807, 2.05) is 12.1 Å². The van der Waals surface area contributed by atoms with Crippen LogP contribution in [0, 0.1) is 0 Å². The maximum absolute atomic E-state index is 5.96. The van der Waals surface area contributed by atoms with E-state index in [1.54, 1.807) is 0 Å². The van der Waals surface area contributed by atoms with E-state index >= 15 is 0 Å². The van der Waals surface area contributed by atoms with E-state index in [0.717, 1.165) is 43.8 Å².